The highest BCUT2D eigenvalue weighted by Gasteiger charge is 2.11. The van der Waals surface area contributed by atoms with Gasteiger partial charge >= 0.3 is 5.97 Å². The van der Waals surface area contributed by atoms with E-state index in [1.807, 2.05) is 36.4 Å². The largest absolute Gasteiger partial charge is 0.468 e. The lowest BCUT2D eigenvalue weighted by atomic mass is 10.1. The van der Waals surface area contributed by atoms with Crippen molar-refractivity contribution in [3.8, 4) is 11.3 Å². The number of hydrogen-bond acceptors (Lipinski definition) is 6. The zero-order valence-corrected chi connectivity index (χ0v) is 12.1. The lowest BCUT2D eigenvalue weighted by Crippen LogP contribution is -2.03. The third-order valence-electron chi connectivity index (χ3n) is 2.84. The summed E-state index contributed by atoms with van der Waals surface area (Å²) in [6.45, 7) is 0. The summed E-state index contributed by atoms with van der Waals surface area (Å²) >= 11 is 1.23. The summed E-state index contributed by atoms with van der Waals surface area (Å²) in [5, 5.41) is 4.89. The summed E-state index contributed by atoms with van der Waals surface area (Å²) < 4.78 is 6.28. The van der Waals surface area contributed by atoms with Crippen LogP contribution in [-0.4, -0.2) is 38.4 Å². The van der Waals surface area contributed by atoms with Gasteiger partial charge in [0.25, 0.3) is 5.78 Å². The number of aromatic nitrogens is 4. The summed E-state index contributed by atoms with van der Waals surface area (Å²) in [6.07, 6.45) is 1.70. The number of fused-ring (bicyclic) bond motifs is 1. The molecule has 0 aliphatic rings. The highest BCUT2D eigenvalue weighted by molar-refractivity contribution is 7.99. The molecular weight excluding hydrogens is 288 g/mol. The van der Waals surface area contributed by atoms with Crippen molar-refractivity contribution in [2.24, 2.45) is 0 Å². The Morgan fingerprint density at radius 2 is 2.10 bits per heavy atom. The first-order valence-electron chi connectivity index (χ1n) is 6.25. The van der Waals surface area contributed by atoms with Gasteiger partial charge in [-0.2, -0.15) is 9.50 Å². The third-order valence-corrected chi connectivity index (χ3v) is 3.65. The van der Waals surface area contributed by atoms with Crippen molar-refractivity contribution >= 4 is 23.5 Å². The molecule has 1 aromatic carbocycles. The Kier molecular flexibility index (Phi) is 3.83. The maximum atomic E-state index is 11.2. The van der Waals surface area contributed by atoms with E-state index >= 15 is 0 Å². The topological polar surface area (TPSA) is 69.4 Å². The number of benzene rings is 1. The quantitative estimate of drug-likeness (QED) is 0.542. The van der Waals surface area contributed by atoms with Gasteiger partial charge in [-0.05, 0) is 6.07 Å². The first kappa shape index (κ1) is 13.6. The number of carbonyl (C=O) groups excluding carboxylic acids is 1. The number of rotatable bonds is 4. The Balaban J connectivity index is 1.96. The third kappa shape index (κ3) is 2.87. The number of carbonyl (C=O) groups is 1. The van der Waals surface area contributed by atoms with Crippen LogP contribution in [0.3, 0.4) is 0 Å². The Morgan fingerprint density at radius 1 is 1.29 bits per heavy atom. The fourth-order valence-electron chi connectivity index (χ4n) is 1.85. The van der Waals surface area contributed by atoms with Crippen molar-refractivity contribution in [2.45, 2.75) is 5.16 Å². The fourth-order valence-corrected chi connectivity index (χ4v) is 2.50. The molecule has 0 unspecified atom stereocenters. The normalized spacial score (nSPS) is 10.7. The molecule has 0 saturated carbocycles. The van der Waals surface area contributed by atoms with E-state index in [0.717, 1.165) is 11.3 Å². The SMILES string of the molecule is COC(=O)CSc1nc2nccc(-c3ccccc3)n2n1. The molecule has 2 aromatic heterocycles. The second kappa shape index (κ2) is 5.92. The minimum absolute atomic E-state index is 0.175. The molecule has 0 radical (unpaired) electrons. The van der Waals surface area contributed by atoms with Crippen LogP contribution in [0, 0.1) is 0 Å². The van der Waals surface area contributed by atoms with Gasteiger partial charge in [0.15, 0.2) is 0 Å². The van der Waals surface area contributed by atoms with Gasteiger partial charge in [0.2, 0.25) is 5.16 Å². The van der Waals surface area contributed by atoms with Crippen LogP contribution in [0.15, 0.2) is 47.8 Å². The molecule has 0 saturated heterocycles. The maximum Gasteiger partial charge on any atom is 0.316 e. The summed E-state index contributed by atoms with van der Waals surface area (Å²) in [7, 11) is 1.36. The highest BCUT2D eigenvalue weighted by Crippen LogP contribution is 2.21. The average molecular weight is 300 g/mol. The molecule has 3 rings (SSSR count). The van der Waals surface area contributed by atoms with E-state index in [4.69, 9.17) is 0 Å². The Bertz CT molecular complexity index is 773. The molecular formula is C14H12N4O2S. The molecule has 0 aliphatic heterocycles. The predicted molar refractivity (Wildman–Crippen MR) is 79.0 cm³/mol. The second-order valence-electron chi connectivity index (χ2n) is 4.17. The maximum absolute atomic E-state index is 11.2. The number of methoxy groups -OCH3 is 1. The van der Waals surface area contributed by atoms with Crippen LogP contribution in [0.1, 0.15) is 0 Å². The van der Waals surface area contributed by atoms with Gasteiger partial charge in [-0.3, -0.25) is 4.79 Å². The standard InChI is InChI=1S/C14H12N4O2S/c1-20-12(19)9-21-14-16-13-15-8-7-11(18(13)17-14)10-5-3-2-4-6-10/h2-8H,9H2,1H3. The summed E-state index contributed by atoms with van der Waals surface area (Å²) in [4.78, 5) is 19.7. The average Bonchev–Trinajstić information content (AvgIpc) is 2.96. The molecule has 0 fully saturated rings. The van der Waals surface area contributed by atoms with Gasteiger partial charge in [-0.15, -0.1) is 5.10 Å². The zero-order valence-electron chi connectivity index (χ0n) is 11.3. The van der Waals surface area contributed by atoms with Crippen LogP contribution in [-0.2, 0) is 9.53 Å². The summed E-state index contributed by atoms with van der Waals surface area (Å²) in [5.74, 6) is 0.368. The van der Waals surface area contributed by atoms with Crippen LogP contribution in [0.25, 0.3) is 17.0 Å². The monoisotopic (exact) mass is 300 g/mol. The molecule has 2 heterocycles. The van der Waals surface area contributed by atoms with Crippen molar-refractivity contribution < 1.29 is 9.53 Å². The molecule has 3 aromatic rings. The smallest absolute Gasteiger partial charge is 0.316 e. The van der Waals surface area contributed by atoms with E-state index in [2.05, 4.69) is 19.8 Å². The first-order chi connectivity index (χ1) is 10.3. The van der Waals surface area contributed by atoms with Gasteiger partial charge in [0, 0.05) is 11.8 Å². The lowest BCUT2D eigenvalue weighted by Gasteiger charge is -2.02. The van der Waals surface area contributed by atoms with E-state index in [0.29, 0.717) is 10.9 Å². The molecule has 106 valence electrons. The number of ether oxygens (including phenoxy) is 1. The van der Waals surface area contributed by atoms with Crippen molar-refractivity contribution in [3.05, 3.63) is 42.6 Å². The first-order valence-corrected chi connectivity index (χ1v) is 7.23. The van der Waals surface area contributed by atoms with Crippen LogP contribution in [0.2, 0.25) is 0 Å². The van der Waals surface area contributed by atoms with Gasteiger partial charge in [-0.1, -0.05) is 42.1 Å². The van der Waals surface area contributed by atoms with Crippen molar-refractivity contribution in [3.63, 3.8) is 0 Å². The van der Waals surface area contributed by atoms with E-state index in [1.54, 1.807) is 10.7 Å². The minimum Gasteiger partial charge on any atom is -0.468 e. The van der Waals surface area contributed by atoms with E-state index in [1.165, 1.54) is 18.9 Å². The Morgan fingerprint density at radius 3 is 2.86 bits per heavy atom. The van der Waals surface area contributed by atoms with E-state index in [-0.39, 0.29) is 11.7 Å². The predicted octanol–water partition coefficient (Wildman–Crippen LogP) is 2.06. The van der Waals surface area contributed by atoms with Gasteiger partial charge < -0.3 is 4.74 Å². The van der Waals surface area contributed by atoms with Crippen LogP contribution in [0.5, 0.6) is 0 Å². The molecule has 21 heavy (non-hydrogen) atoms. The molecule has 0 amide bonds. The van der Waals surface area contributed by atoms with Crippen molar-refractivity contribution in [1.29, 1.82) is 0 Å². The van der Waals surface area contributed by atoms with Crippen LogP contribution >= 0.6 is 11.8 Å². The lowest BCUT2D eigenvalue weighted by molar-refractivity contribution is -0.137. The molecule has 6 nitrogen and oxygen atoms in total. The molecule has 0 atom stereocenters. The van der Waals surface area contributed by atoms with Gasteiger partial charge in [0.05, 0.1) is 18.6 Å². The number of hydrogen-bond donors (Lipinski definition) is 0. The highest BCUT2D eigenvalue weighted by atomic mass is 32.2. The van der Waals surface area contributed by atoms with Gasteiger partial charge in [0.1, 0.15) is 0 Å². The van der Waals surface area contributed by atoms with Crippen molar-refractivity contribution in [1.82, 2.24) is 19.6 Å². The van der Waals surface area contributed by atoms with Crippen molar-refractivity contribution in [2.75, 3.05) is 12.9 Å². The van der Waals surface area contributed by atoms with E-state index < -0.39 is 0 Å². The minimum atomic E-state index is -0.310. The van der Waals surface area contributed by atoms with E-state index in [9.17, 15) is 4.79 Å². The van der Waals surface area contributed by atoms with Gasteiger partial charge in [-0.25, -0.2) is 4.98 Å². The Hall–Kier alpha value is -2.41. The molecule has 0 bridgehead atoms. The number of esters is 1. The molecule has 7 heteroatoms. The molecule has 0 aliphatic carbocycles. The number of thioether (sulfide) groups is 1. The number of nitrogens with zero attached hydrogens (tertiary/aromatic N) is 4. The summed E-state index contributed by atoms with van der Waals surface area (Å²) in [5.41, 5.74) is 1.93. The fraction of sp³-hybridized carbons (Fsp3) is 0.143. The molecule has 0 N–H and O–H groups in total. The van der Waals surface area contributed by atoms with Crippen LogP contribution < -0.4 is 0 Å². The molecule has 0 spiro atoms. The Labute approximate surface area is 125 Å². The zero-order chi connectivity index (χ0) is 14.7. The second-order valence-corrected chi connectivity index (χ2v) is 5.11. The van der Waals surface area contributed by atoms with Crippen LogP contribution in [0.4, 0.5) is 0 Å². The summed E-state index contributed by atoms with van der Waals surface area (Å²) in [6, 6.07) is 11.8.